The molecule has 1 atom stereocenters. The van der Waals surface area contributed by atoms with Crippen LogP contribution >= 0.6 is 0 Å². The molecule has 22 heavy (non-hydrogen) atoms. The summed E-state index contributed by atoms with van der Waals surface area (Å²) in [6.07, 6.45) is 0.0615. The molecule has 118 valence electrons. The summed E-state index contributed by atoms with van der Waals surface area (Å²) in [5, 5.41) is 2.46. The molecule has 0 saturated carbocycles. The van der Waals surface area contributed by atoms with Gasteiger partial charge in [0.25, 0.3) is 0 Å². The Hall–Kier alpha value is -2.44. The van der Waals surface area contributed by atoms with Crippen LogP contribution in [0.4, 0.5) is 10.1 Å². The molecule has 1 heterocycles. The topological polar surface area (TPSA) is 75.7 Å². The molecule has 1 unspecified atom stereocenters. The number of nitrogens with one attached hydrogen (secondary N) is 1. The van der Waals surface area contributed by atoms with Gasteiger partial charge in [0.15, 0.2) is 0 Å². The minimum atomic E-state index is -0.535. The highest BCUT2D eigenvalue weighted by Crippen LogP contribution is 2.25. The Kier molecular flexibility index (Phi) is 5.08. The summed E-state index contributed by atoms with van der Waals surface area (Å²) in [5.41, 5.74) is 0.548. The fourth-order valence-electron chi connectivity index (χ4n) is 2.27. The van der Waals surface area contributed by atoms with Crippen LogP contribution in [0.25, 0.3) is 0 Å². The Morgan fingerprint density at radius 1 is 1.36 bits per heavy atom. The van der Waals surface area contributed by atoms with E-state index in [1.165, 1.54) is 29.2 Å². The number of anilines is 1. The Bertz CT molecular complexity index is 573. The van der Waals surface area contributed by atoms with Crippen LogP contribution in [0.1, 0.15) is 13.3 Å². The highest BCUT2D eigenvalue weighted by Gasteiger charge is 2.35. The Morgan fingerprint density at radius 3 is 2.68 bits per heavy atom. The van der Waals surface area contributed by atoms with Crippen LogP contribution in [0.15, 0.2) is 24.3 Å². The molecule has 2 amide bonds. The van der Waals surface area contributed by atoms with Crippen LogP contribution < -0.4 is 10.2 Å². The molecule has 1 aliphatic heterocycles. The second-order valence-corrected chi connectivity index (χ2v) is 4.90. The largest absolute Gasteiger partial charge is 0.465 e. The molecule has 0 aromatic heterocycles. The van der Waals surface area contributed by atoms with Gasteiger partial charge in [-0.25, -0.2) is 4.39 Å². The van der Waals surface area contributed by atoms with Crippen molar-refractivity contribution < 1.29 is 23.5 Å². The van der Waals surface area contributed by atoms with Gasteiger partial charge in [0, 0.05) is 18.7 Å². The van der Waals surface area contributed by atoms with Crippen molar-refractivity contribution in [1.82, 2.24) is 5.32 Å². The molecule has 2 rings (SSSR count). The third-order valence-electron chi connectivity index (χ3n) is 3.35. The number of hydrogen-bond acceptors (Lipinski definition) is 4. The maximum atomic E-state index is 12.9. The van der Waals surface area contributed by atoms with Crippen molar-refractivity contribution in [3.8, 4) is 0 Å². The summed E-state index contributed by atoms with van der Waals surface area (Å²) < 4.78 is 17.6. The minimum absolute atomic E-state index is 0.0615. The zero-order valence-electron chi connectivity index (χ0n) is 12.2. The first-order valence-electron chi connectivity index (χ1n) is 7.00. The third kappa shape index (κ3) is 3.81. The Balaban J connectivity index is 1.92. The van der Waals surface area contributed by atoms with E-state index in [0.717, 1.165) is 0 Å². The SMILES string of the molecule is CCOC(=O)CNC(=O)C1CC(=O)N(c2ccc(F)cc2)C1. The van der Waals surface area contributed by atoms with Gasteiger partial charge in [0.05, 0.1) is 12.5 Å². The molecule has 1 N–H and O–H groups in total. The van der Waals surface area contributed by atoms with Gasteiger partial charge in [-0.3, -0.25) is 14.4 Å². The minimum Gasteiger partial charge on any atom is -0.465 e. The molecule has 1 aromatic rings. The first kappa shape index (κ1) is 15.9. The van der Waals surface area contributed by atoms with Crippen molar-refractivity contribution in [3.05, 3.63) is 30.1 Å². The molecule has 0 radical (unpaired) electrons. The predicted molar refractivity (Wildman–Crippen MR) is 76.5 cm³/mol. The summed E-state index contributed by atoms with van der Waals surface area (Å²) in [4.78, 5) is 36.6. The van der Waals surface area contributed by atoms with E-state index in [2.05, 4.69) is 5.32 Å². The number of hydrogen-bond donors (Lipinski definition) is 1. The number of ether oxygens (including phenoxy) is 1. The molecule has 1 fully saturated rings. The zero-order valence-corrected chi connectivity index (χ0v) is 12.2. The number of halogens is 1. The molecule has 1 aromatic carbocycles. The van der Waals surface area contributed by atoms with Crippen LogP contribution in [0.3, 0.4) is 0 Å². The fraction of sp³-hybridized carbons (Fsp3) is 0.400. The highest BCUT2D eigenvalue weighted by molar-refractivity contribution is 6.00. The van der Waals surface area contributed by atoms with E-state index >= 15 is 0 Å². The molecular formula is C15H17FN2O4. The molecule has 7 heteroatoms. The van der Waals surface area contributed by atoms with Gasteiger partial charge in [-0.2, -0.15) is 0 Å². The van der Waals surface area contributed by atoms with Gasteiger partial charge < -0.3 is 15.0 Å². The maximum Gasteiger partial charge on any atom is 0.325 e. The Labute approximate surface area is 127 Å². The second kappa shape index (κ2) is 7.02. The summed E-state index contributed by atoms with van der Waals surface area (Å²) in [6.45, 7) is 1.91. The quantitative estimate of drug-likeness (QED) is 0.819. The first-order valence-corrected chi connectivity index (χ1v) is 7.00. The van der Waals surface area contributed by atoms with Gasteiger partial charge >= 0.3 is 5.97 Å². The zero-order chi connectivity index (χ0) is 16.1. The van der Waals surface area contributed by atoms with Gasteiger partial charge in [-0.05, 0) is 31.2 Å². The summed E-state index contributed by atoms with van der Waals surface area (Å²) in [5.74, 6) is -2.02. The van der Waals surface area contributed by atoms with Gasteiger partial charge in [-0.15, -0.1) is 0 Å². The second-order valence-electron chi connectivity index (χ2n) is 4.90. The number of amides is 2. The number of carbonyl (C=O) groups is 3. The van der Waals surface area contributed by atoms with E-state index in [0.29, 0.717) is 5.69 Å². The van der Waals surface area contributed by atoms with E-state index in [4.69, 9.17) is 4.74 Å². The number of esters is 1. The van der Waals surface area contributed by atoms with E-state index in [1.54, 1.807) is 6.92 Å². The summed E-state index contributed by atoms with van der Waals surface area (Å²) >= 11 is 0. The van der Waals surface area contributed by atoms with Crippen molar-refractivity contribution >= 4 is 23.5 Å². The van der Waals surface area contributed by atoms with E-state index < -0.39 is 11.9 Å². The molecule has 1 aliphatic rings. The molecular weight excluding hydrogens is 291 g/mol. The molecule has 0 spiro atoms. The smallest absolute Gasteiger partial charge is 0.325 e. The van der Waals surface area contributed by atoms with E-state index in [9.17, 15) is 18.8 Å². The van der Waals surface area contributed by atoms with Crippen LogP contribution in [-0.2, 0) is 19.1 Å². The number of nitrogens with zero attached hydrogens (tertiary/aromatic N) is 1. The lowest BCUT2D eigenvalue weighted by Crippen LogP contribution is -2.36. The summed E-state index contributed by atoms with van der Waals surface area (Å²) in [7, 11) is 0. The lowest BCUT2D eigenvalue weighted by Gasteiger charge is -2.16. The van der Waals surface area contributed by atoms with Crippen LogP contribution in [-0.4, -0.2) is 37.5 Å². The van der Waals surface area contributed by atoms with Gasteiger partial charge in [-0.1, -0.05) is 0 Å². The lowest BCUT2D eigenvalue weighted by atomic mass is 10.1. The van der Waals surface area contributed by atoms with Crippen molar-refractivity contribution in [3.63, 3.8) is 0 Å². The van der Waals surface area contributed by atoms with Crippen molar-refractivity contribution in [2.24, 2.45) is 5.92 Å². The maximum absolute atomic E-state index is 12.9. The standard InChI is InChI=1S/C15H17FN2O4/c1-2-22-14(20)8-17-15(21)10-7-13(19)18(9-10)12-5-3-11(16)4-6-12/h3-6,10H,2,7-9H2,1H3,(H,17,21). The van der Waals surface area contributed by atoms with Crippen molar-refractivity contribution in [2.75, 3.05) is 24.6 Å². The molecule has 0 bridgehead atoms. The van der Waals surface area contributed by atoms with Crippen molar-refractivity contribution in [2.45, 2.75) is 13.3 Å². The van der Waals surface area contributed by atoms with E-state index in [-0.39, 0.29) is 43.7 Å². The van der Waals surface area contributed by atoms with Gasteiger partial charge in [0.2, 0.25) is 11.8 Å². The summed E-state index contributed by atoms with van der Waals surface area (Å²) in [6, 6.07) is 5.51. The van der Waals surface area contributed by atoms with Crippen LogP contribution in [0, 0.1) is 11.7 Å². The average Bonchev–Trinajstić information content (AvgIpc) is 2.88. The fourth-order valence-corrected chi connectivity index (χ4v) is 2.27. The monoisotopic (exact) mass is 308 g/mol. The Morgan fingerprint density at radius 2 is 2.05 bits per heavy atom. The van der Waals surface area contributed by atoms with E-state index in [1.807, 2.05) is 0 Å². The third-order valence-corrected chi connectivity index (χ3v) is 3.35. The average molecular weight is 308 g/mol. The van der Waals surface area contributed by atoms with Crippen molar-refractivity contribution in [1.29, 1.82) is 0 Å². The normalized spacial score (nSPS) is 17.5. The number of carbonyl (C=O) groups excluding carboxylic acids is 3. The lowest BCUT2D eigenvalue weighted by molar-refractivity contribution is -0.143. The van der Waals surface area contributed by atoms with Crippen LogP contribution in [0.2, 0.25) is 0 Å². The molecule has 1 saturated heterocycles. The van der Waals surface area contributed by atoms with Gasteiger partial charge in [0.1, 0.15) is 12.4 Å². The number of rotatable bonds is 5. The molecule has 0 aliphatic carbocycles. The van der Waals surface area contributed by atoms with Crippen LogP contribution in [0.5, 0.6) is 0 Å². The first-order chi connectivity index (χ1) is 10.5. The number of benzene rings is 1. The predicted octanol–water partition coefficient (Wildman–Crippen LogP) is 0.858. The molecule has 6 nitrogen and oxygen atoms in total. The highest BCUT2D eigenvalue weighted by atomic mass is 19.1.